The van der Waals surface area contributed by atoms with E-state index >= 15 is 0 Å². The Balaban J connectivity index is 1.44. The largest absolute Gasteiger partial charge is 0.485 e. The first-order chi connectivity index (χ1) is 24.7. The van der Waals surface area contributed by atoms with Crippen LogP contribution in [0.4, 0.5) is 17.6 Å². The SMILES string of the molecule is O=C1O[C@H]([C@H](CO)OP(=O)(OCc2ccc(F)c(Br)c2)OCc2ccc(F)c(Br)c2)C(OCc2ccc(F)c(Br)c2)=C1OCc1ccc(F)c(Br)c1. The van der Waals surface area contributed by atoms with Crippen molar-refractivity contribution in [3.05, 3.63) is 148 Å². The summed E-state index contributed by atoms with van der Waals surface area (Å²) in [6.45, 7) is -2.27. The zero-order valence-electron chi connectivity index (χ0n) is 26.3. The highest BCUT2D eigenvalue weighted by Gasteiger charge is 2.46. The summed E-state index contributed by atoms with van der Waals surface area (Å²) in [5, 5.41) is 10.5. The number of carbonyl (C=O) groups excluding carboxylic acids is 1. The highest BCUT2D eigenvalue weighted by atomic mass is 79.9. The molecule has 0 unspecified atom stereocenters. The molecule has 1 aliphatic heterocycles. The Morgan fingerprint density at radius 3 is 1.42 bits per heavy atom. The second-order valence-electron chi connectivity index (χ2n) is 10.9. The van der Waals surface area contributed by atoms with E-state index in [-0.39, 0.29) is 36.9 Å². The van der Waals surface area contributed by atoms with E-state index in [9.17, 15) is 32.0 Å². The van der Waals surface area contributed by atoms with Crippen molar-refractivity contribution >= 4 is 77.5 Å². The van der Waals surface area contributed by atoms with Crippen LogP contribution >= 0.6 is 71.5 Å². The highest BCUT2D eigenvalue weighted by Crippen LogP contribution is 2.53. The van der Waals surface area contributed by atoms with Gasteiger partial charge in [0, 0.05) is 0 Å². The summed E-state index contributed by atoms with van der Waals surface area (Å²) < 4.78 is 104. The van der Waals surface area contributed by atoms with E-state index in [1.165, 1.54) is 60.7 Å². The summed E-state index contributed by atoms with van der Waals surface area (Å²) in [5.41, 5.74) is 1.63. The first-order valence-corrected chi connectivity index (χ1v) is 19.5. The number of cyclic esters (lactones) is 1. The number of phosphoric acid groups is 1. The van der Waals surface area contributed by atoms with Crippen LogP contribution < -0.4 is 0 Å². The number of hydrogen-bond donors (Lipinski definition) is 1. The summed E-state index contributed by atoms with van der Waals surface area (Å²) in [7, 11) is -4.73. The van der Waals surface area contributed by atoms with Crippen LogP contribution in [-0.4, -0.2) is 29.9 Å². The third kappa shape index (κ3) is 10.5. The van der Waals surface area contributed by atoms with Gasteiger partial charge in [-0.15, -0.1) is 0 Å². The molecule has 4 aromatic rings. The van der Waals surface area contributed by atoms with Gasteiger partial charge < -0.3 is 19.3 Å². The molecule has 9 nitrogen and oxygen atoms in total. The van der Waals surface area contributed by atoms with Gasteiger partial charge in [-0.25, -0.2) is 26.9 Å². The summed E-state index contributed by atoms with van der Waals surface area (Å²) in [5.74, 6) is -3.90. The van der Waals surface area contributed by atoms with Gasteiger partial charge in [0.05, 0.1) is 37.7 Å². The van der Waals surface area contributed by atoms with Crippen molar-refractivity contribution < 1.29 is 59.8 Å². The van der Waals surface area contributed by atoms with Crippen molar-refractivity contribution in [2.75, 3.05) is 6.61 Å². The lowest BCUT2D eigenvalue weighted by molar-refractivity contribution is -0.148. The van der Waals surface area contributed by atoms with E-state index in [4.69, 9.17) is 27.8 Å². The molecule has 0 saturated heterocycles. The first-order valence-electron chi connectivity index (χ1n) is 14.9. The second-order valence-corrected chi connectivity index (χ2v) is 15.9. The molecular formula is C34H25Br4F4O9P. The van der Waals surface area contributed by atoms with Crippen LogP contribution in [0, 0.1) is 23.3 Å². The summed E-state index contributed by atoms with van der Waals surface area (Å²) in [4.78, 5) is 13.2. The van der Waals surface area contributed by atoms with Crippen LogP contribution in [-0.2, 0) is 63.6 Å². The first kappa shape index (κ1) is 40.6. The van der Waals surface area contributed by atoms with Crippen LogP contribution in [0.25, 0.3) is 0 Å². The van der Waals surface area contributed by atoms with Crippen molar-refractivity contribution in [3.63, 3.8) is 0 Å². The Labute approximate surface area is 328 Å². The Morgan fingerprint density at radius 1 is 0.654 bits per heavy atom. The quantitative estimate of drug-likeness (QED) is 0.0667. The molecule has 0 fully saturated rings. The van der Waals surface area contributed by atoms with Gasteiger partial charge in [0.2, 0.25) is 5.76 Å². The van der Waals surface area contributed by atoms with E-state index < -0.39 is 74.8 Å². The topological polar surface area (TPSA) is 110 Å². The number of benzene rings is 4. The number of hydrogen-bond acceptors (Lipinski definition) is 9. The zero-order chi connectivity index (χ0) is 37.6. The molecule has 0 aliphatic carbocycles. The van der Waals surface area contributed by atoms with E-state index in [2.05, 4.69) is 63.7 Å². The standard InChI is InChI=1S/C34H25Br4F4O9P/c35-22-9-18(1-5-26(22)39)14-46-32-31(50-34(44)33(32)47-15-19-2-6-27(40)23(36)10-19)30(13-43)51-52(45,48-16-20-3-7-28(41)24(37)11-20)49-17-21-4-8-29(42)25(38)12-21/h1-12,30-31,43H,13-17H2/t30-,31+/m0/s1. The minimum atomic E-state index is -4.73. The molecular weight excluding hydrogens is 979 g/mol. The maximum Gasteiger partial charge on any atom is 0.475 e. The van der Waals surface area contributed by atoms with Crippen molar-refractivity contribution in [2.45, 2.75) is 38.6 Å². The Morgan fingerprint density at radius 2 is 1.04 bits per heavy atom. The molecule has 0 radical (unpaired) electrons. The van der Waals surface area contributed by atoms with E-state index in [1.807, 2.05) is 0 Å². The van der Waals surface area contributed by atoms with E-state index in [1.54, 1.807) is 0 Å². The number of aliphatic hydroxyl groups excluding tert-OH is 1. The normalized spacial score (nSPS) is 15.2. The maximum absolute atomic E-state index is 14.2. The van der Waals surface area contributed by atoms with Gasteiger partial charge in [-0.2, -0.15) is 0 Å². The average molecular weight is 1000 g/mol. The zero-order valence-corrected chi connectivity index (χ0v) is 33.5. The fourth-order valence-electron chi connectivity index (χ4n) is 4.56. The fourth-order valence-corrected chi connectivity index (χ4v) is 7.59. The van der Waals surface area contributed by atoms with Crippen LogP contribution in [0.3, 0.4) is 0 Å². The molecule has 5 rings (SSSR count). The van der Waals surface area contributed by atoms with Crippen LogP contribution in [0.5, 0.6) is 0 Å². The number of aliphatic hydroxyl groups is 1. The summed E-state index contributed by atoms with van der Waals surface area (Å²) in [6, 6.07) is 15.9. The third-order valence-electron chi connectivity index (χ3n) is 7.18. The van der Waals surface area contributed by atoms with Gasteiger partial charge in [0.25, 0.3) is 0 Å². The van der Waals surface area contributed by atoms with Gasteiger partial charge in [-0.3, -0.25) is 13.6 Å². The Bertz CT molecular complexity index is 1980. The molecule has 0 aromatic heterocycles. The highest BCUT2D eigenvalue weighted by molar-refractivity contribution is 9.11. The molecule has 0 bridgehead atoms. The molecule has 4 aromatic carbocycles. The Hall–Kier alpha value is -2.60. The number of ether oxygens (including phenoxy) is 3. The second kappa shape index (κ2) is 18.2. The molecule has 2 atom stereocenters. The lowest BCUT2D eigenvalue weighted by Gasteiger charge is -2.27. The molecule has 52 heavy (non-hydrogen) atoms. The summed E-state index contributed by atoms with van der Waals surface area (Å²) in [6.07, 6.45) is -3.25. The third-order valence-corrected chi connectivity index (χ3v) is 11.0. The number of carbonyl (C=O) groups is 1. The fraction of sp³-hybridized carbons (Fsp3) is 0.206. The van der Waals surface area contributed by atoms with Crippen molar-refractivity contribution in [1.82, 2.24) is 0 Å². The van der Waals surface area contributed by atoms with Gasteiger partial charge >= 0.3 is 13.8 Å². The van der Waals surface area contributed by atoms with Gasteiger partial charge in [-0.05, 0) is 135 Å². The smallest absolute Gasteiger partial charge is 0.475 e. The van der Waals surface area contributed by atoms with Crippen LogP contribution in [0.2, 0.25) is 0 Å². The molecule has 1 N–H and O–H groups in total. The van der Waals surface area contributed by atoms with Gasteiger partial charge in [0.1, 0.15) is 42.6 Å². The monoisotopic (exact) mass is 1000 g/mol. The predicted octanol–water partition coefficient (Wildman–Crippen LogP) is 10.1. The molecule has 0 saturated carbocycles. The number of esters is 1. The number of halogens is 8. The lowest BCUT2D eigenvalue weighted by Crippen LogP contribution is -2.35. The van der Waals surface area contributed by atoms with Crippen molar-refractivity contribution in [1.29, 1.82) is 0 Å². The summed E-state index contributed by atoms with van der Waals surface area (Å²) >= 11 is 12.4. The Kier molecular flexibility index (Phi) is 14.2. The predicted molar refractivity (Wildman–Crippen MR) is 192 cm³/mol. The van der Waals surface area contributed by atoms with Crippen LogP contribution in [0.1, 0.15) is 22.3 Å². The van der Waals surface area contributed by atoms with E-state index in [0.717, 1.165) is 12.1 Å². The molecule has 1 aliphatic rings. The van der Waals surface area contributed by atoms with Gasteiger partial charge in [0.15, 0.2) is 11.9 Å². The van der Waals surface area contributed by atoms with Crippen molar-refractivity contribution in [3.8, 4) is 0 Å². The number of rotatable bonds is 16. The molecule has 0 spiro atoms. The molecule has 18 heteroatoms. The van der Waals surface area contributed by atoms with Crippen LogP contribution in [0.15, 0.2) is 102 Å². The maximum atomic E-state index is 14.2. The average Bonchev–Trinajstić information content (AvgIpc) is 3.43. The minimum absolute atomic E-state index is 0.105. The molecule has 276 valence electrons. The number of phosphoric ester groups is 1. The lowest BCUT2D eigenvalue weighted by atomic mass is 10.1. The van der Waals surface area contributed by atoms with Crippen molar-refractivity contribution in [2.24, 2.45) is 0 Å². The van der Waals surface area contributed by atoms with E-state index in [0.29, 0.717) is 22.3 Å². The molecule has 1 heterocycles. The van der Waals surface area contributed by atoms with Gasteiger partial charge in [-0.1, -0.05) is 24.3 Å². The minimum Gasteiger partial charge on any atom is -0.485 e. The molecule has 0 amide bonds.